The highest BCUT2D eigenvalue weighted by Crippen LogP contribution is 2.17. The van der Waals surface area contributed by atoms with Crippen LogP contribution in [0, 0.1) is 0 Å². The lowest BCUT2D eigenvalue weighted by Gasteiger charge is -2.08. The number of nitrogens with one attached hydrogen (secondary N) is 1. The fraction of sp³-hybridized carbons (Fsp3) is 0.176. The minimum absolute atomic E-state index is 0.0627. The van der Waals surface area contributed by atoms with Crippen LogP contribution in [0.3, 0.4) is 0 Å². The zero-order valence-corrected chi connectivity index (χ0v) is 13.8. The number of rotatable bonds is 6. The van der Waals surface area contributed by atoms with Gasteiger partial charge < -0.3 is 4.74 Å². The van der Waals surface area contributed by atoms with Crippen LogP contribution in [0.25, 0.3) is 0 Å². The fourth-order valence-electron chi connectivity index (χ4n) is 1.88. The third-order valence-electron chi connectivity index (χ3n) is 2.96. The molecule has 114 valence electrons. The number of ether oxygens (including phenoxy) is 1. The molecular formula is C17H17BrN2O2. The third-order valence-corrected chi connectivity index (χ3v) is 3.46. The van der Waals surface area contributed by atoms with Gasteiger partial charge in [0.25, 0.3) is 5.91 Å². The molecule has 4 nitrogen and oxygen atoms in total. The van der Waals surface area contributed by atoms with Crippen LogP contribution in [0.4, 0.5) is 0 Å². The number of amides is 1. The highest BCUT2D eigenvalue weighted by atomic mass is 79.9. The van der Waals surface area contributed by atoms with Crippen molar-refractivity contribution in [3.63, 3.8) is 0 Å². The molecular weight excluding hydrogens is 344 g/mol. The number of benzene rings is 2. The Morgan fingerprint density at radius 1 is 1.27 bits per heavy atom. The van der Waals surface area contributed by atoms with E-state index in [-0.39, 0.29) is 12.5 Å². The number of halogens is 1. The molecule has 2 aromatic carbocycles. The molecule has 1 N–H and O–H groups in total. The Kier molecular flexibility index (Phi) is 6.15. The first kappa shape index (κ1) is 16.2. The average Bonchev–Trinajstić information content (AvgIpc) is 2.53. The summed E-state index contributed by atoms with van der Waals surface area (Å²) >= 11 is 3.38. The molecule has 0 heterocycles. The second-order valence-corrected chi connectivity index (χ2v) is 5.51. The Hall–Kier alpha value is -2.14. The van der Waals surface area contributed by atoms with Crippen LogP contribution in [-0.2, 0) is 11.2 Å². The summed E-state index contributed by atoms with van der Waals surface area (Å²) in [4.78, 5) is 11.7. The summed E-state index contributed by atoms with van der Waals surface area (Å²) in [6.45, 7) is 1.98. The Labute approximate surface area is 138 Å². The van der Waals surface area contributed by atoms with Gasteiger partial charge >= 0.3 is 0 Å². The third kappa shape index (κ3) is 5.00. The number of para-hydroxylation sites is 1. The van der Waals surface area contributed by atoms with Crippen LogP contribution in [0.5, 0.6) is 5.75 Å². The van der Waals surface area contributed by atoms with E-state index in [0.29, 0.717) is 0 Å². The molecule has 0 saturated carbocycles. The molecule has 0 saturated heterocycles. The predicted molar refractivity (Wildman–Crippen MR) is 91.2 cm³/mol. The molecule has 0 aliphatic heterocycles. The van der Waals surface area contributed by atoms with Gasteiger partial charge in [0.15, 0.2) is 6.61 Å². The van der Waals surface area contributed by atoms with E-state index in [0.717, 1.165) is 27.8 Å². The van der Waals surface area contributed by atoms with Crippen molar-refractivity contribution >= 4 is 28.1 Å². The number of hydrogen-bond acceptors (Lipinski definition) is 3. The van der Waals surface area contributed by atoms with E-state index >= 15 is 0 Å². The van der Waals surface area contributed by atoms with Crippen LogP contribution in [0.15, 0.2) is 58.1 Å². The van der Waals surface area contributed by atoms with Crippen molar-refractivity contribution in [2.75, 3.05) is 6.61 Å². The second kappa shape index (κ2) is 8.34. The van der Waals surface area contributed by atoms with Gasteiger partial charge in [-0.15, -0.1) is 0 Å². The molecule has 2 aromatic rings. The summed E-state index contributed by atoms with van der Waals surface area (Å²) in [6, 6.07) is 15.3. The van der Waals surface area contributed by atoms with Gasteiger partial charge in [-0.1, -0.05) is 53.2 Å². The van der Waals surface area contributed by atoms with Crippen molar-refractivity contribution in [3.8, 4) is 5.75 Å². The van der Waals surface area contributed by atoms with Crippen molar-refractivity contribution in [2.24, 2.45) is 5.10 Å². The molecule has 5 heteroatoms. The zero-order chi connectivity index (χ0) is 15.8. The highest BCUT2D eigenvalue weighted by Gasteiger charge is 2.04. The van der Waals surface area contributed by atoms with E-state index in [4.69, 9.17) is 4.74 Å². The Bertz CT molecular complexity index is 671. The molecule has 1 amide bonds. The molecule has 0 radical (unpaired) electrons. The van der Waals surface area contributed by atoms with Gasteiger partial charge in [-0.2, -0.15) is 5.10 Å². The molecule has 0 bridgehead atoms. The van der Waals surface area contributed by atoms with Crippen LogP contribution in [-0.4, -0.2) is 18.7 Å². The smallest absolute Gasteiger partial charge is 0.277 e. The molecule has 0 spiro atoms. The molecule has 0 aliphatic carbocycles. The van der Waals surface area contributed by atoms with E-state index in [1.165, 1.54) is 0 Å². The SMILES string of the molecule is CCc1ccccc1OCC(=O)N/N=C/c1cccc(Br)c1. The van der Waals surface area contributed by atoms with Gasteiger partial charge in [-0.3, -0.25) is 4.79 Å². The molecule has 2 rings (SSSR count). The maximum atomic E-state index is 11.7. The van der Waals surface area contributed by atoms with Crippen molar-refractivity contribution in [1.82, 2.24) is 5.43 Å². The van der Waals surface area contributed by atoms with Gasteiger partial charge in [0, 0.05) is 4.47 Å². The van der Waals surface area contributed by atoms with Crippen molar-refractivity contribution < 1.29 is 9.53 Å². The first-order chi connectivity index (χ1) is 10.7. The van der Waals surface area contributed by atoms with Gasteiger partial charge in [-0.05, 0) is 35.7 Å². The van der Waals surface area contributed by atoms with Gasteiger partial charge in [0.1, 0.15) is 5.75 Å². The first-order valence-corrected chi connectivity index (χ1v) is 7.76. The topological polar surface area (TPSA) is 50.7 Å². The lowest BCUT2D eigenvalue weighted by molar-refractivity contribution is -0.123. The minimum Gasteiger partial charge on any atom is -0.483 e. The largest absolute Gasteiger partial charge is 0.483 e. The maximum absolute atomic E-state index is 11.7. The van der Waals surface area contributed by atoms with Crippen LogP contribution < -0.4 is 10.2 Å². The van der Waals surface area contributed by atoms with Gasteiger partial charge in [-0.25, -0.2) is 5.43 Å². The summed E-state index contributed by atoms with van der Waals surface area (Å²) in [5.41, 5.74) is 4.42. The maximum Gasteiger partial charge on any atom is 0.277 e. The lowest BCUT2D eigenvalue weighted by atomic mass is 10.1. The van der Waals surface area contributed by atoms with E-state index < -0.39 is 0 Å². The monoisotopic (exact) mass is 360 g/mol. The summed E-state index contributed by atoms with van der Waals surface area (Å²) in [6.07, 6.45) is 2.45. The number of carbonyl (C=O) groups excluding carboxylic acids is 1. The van der Waals surface area contributed by atoms with E-state index in [1.807, 2.05) is 55.5 Å². The summed E-state index contributed by atoms with van der Waals surface area (Å²) in [5, 5.41) is 3.91. The number of hydrogen-bond donors (Lipinski definition) is 1. The molecule has 22 heavy (non-hydrogen) atoms. The lowest BCUT2D eigenvalue weighted by Crippen LogP contribution is -2.24. The Balaban J connectivity index is 1.83. The summed E-state index contributed by atoms with van der Waals surface area (Å²) < 4.78 is 6.48. The van der Waals surface area contributed by atoms with Crippen molar-refractivity contribution in [2.45, 2.75) is 13.3 Å². The van der Waals surface area contributed by atoms with Gasteiger partial charge in [0.2, 0.25) is 0 Å². The molecule has 0 atom stereocenters. The van der Waals surface area contributed by atoms with E-state index in [9.17, 15) is 4.79 Å². The Morgan fingerprint density at radius 3 is 2.86 bits per heavy atom. The van der Waals surface area contributed by atoms with Crippen LogP contribution >= 0.6 is 15.9 Å². The normalized spacial score (nSPS) is 10.6. The zero-order valence-electron chi connectivity index (χ0n) is 12.3. The number of nitrogens with zero attached hydrogens (tertiary/aromatic N) is 1. The molecule has 0 unspecified atom stereocenters. The van der Waals surface area contributed by atoms with Gasteiger partial charge in [0.05, 0.1) is 6.21 Å². The van der Waals surface area contributed by atoms with Crippen molar-refractivity contribution in [3.05, 3.63) is 64.1 Å². The van der Waals surface area contributed by atoms with Crippen molar-refractivity contribution in [1.29, 1.82) is 0 Å². The molecule has 0 aromatic heterocycles. The first-order valence-electron chi connectivity index (χ1n) is 6.97. The molecule has 0 fully saturated rings. The van der Waals surface area contributed by atoms with Crippen LogP contribution in [0.2, 0.25) is 0 Å². The molecule has 0 aliphatic rings. The average molecular weight is 361 g/mol. The van der Waals surface area contributed by atoms with E-state index in [1.54, 1.807) is 6.21 Å². The standard InChI is InChI=1S/C17H17BrN2O2/c1-2-14-7-3-4-9-16(14)22-12-17(21)20-19-11-13-6-5-8-15(18)10-13/h3-11H,2,12H2,1H3,(H,20,21)/b19-11+. The minimum atomic E-state index is -0.294. The number of aryl methyl sites for hydroxylation is 1. The second-order valence-electron chi connectivity index (χ2n) is 4.60. The van der Waals surface area contributed by atoms with E-state index in [2.05, 4.69) is 26.5 Å². The fourth-order valence-corrected chi connectivity index (χ4v) is 2.29. The summed E-state index contributed by atoms with van der Waals surface area (Å²) in [7, 11) is 0. The predicted octanol–water partition coefficient (Wildman–Crippen LogP) is 3.54. The highest BCUT2D eigenvalue weighted by molar-refractivity contribution is 9.10. The number of hydrazone groups is 1. The number of carbonyl (C=O) groups is 1. The quantitative estimate of drug-likeness (QED) is 0.632. The summed E-state index contributed by atoms with van der Waals surface area (Å²) in [5.74, 6) is 0.438. The van der Waals surface area contributed by atoms with Crippen LogP contribution in [0.1, 0.15) is 18.1 Å². The Morgan fingerprint density at radius 2 is 2.09 bits per heavy atom.